The molecule has 3 nitrogen and oxygen atoms in total. The molecule has 180 valence electrons. The maximum atomic E-state index is 13.8. The number of carbonyl (C=O) groups excluding carboxylic acids is 2. The van der Waals surface area contributed by atoms with Gasteiger partial charge in [0, 0.05) is 0 Å². The average molecular weight is 539 g/mol. The molecule has 0 fully saturated rings. The maximum Gasteiger partial charge on any atom is 0.399 e. The highest BCUT2D eigenvalue weighted by Gasteiger charge is 2.39. The van der Waals surface area contributed by atoms with Crippen molar-refractivity contribution < 1.29 is 22.8 Å². The summed E-state index contributed by atoms with van der Waals surface area (Å²) in [6.45, 7) is 1.83. The molecule has 0 aromatic heterocycles. The number of aryl methyl sites for hydroxylation is 1. The predicted octanol–water partition coefficient (Wildman–Crippen LogP) is 8.11. The number of fused-ring (bicyclic) bond motifs is 1. The van der Waals surface area contributed by atoms with E-state index in [9.17, 15) is 22.8 Å². The molecule has 0 spiro atoms. The summed E-state index contributed by atoms with van der Waals surface area (Å²) in [4.78, 5) is 26.4. The van der Waals surface area contributed by atoms with Gasteiger partial charge in [-0.1, -0.05) is 77.3 Å². The molecular formula is C26H17Cl3F3NO2. The van der Waals surface area contributed by atoms with Crippen LogP contribution in [0.4, 0.5) is 13.2 Å². The van der Waals surface area contributed by atoms with Crippen molar-refractivity contribution in [3.8, 4) is 0 Å². The zero-order valence-electron chi connectivity index (χ0n) is 18.2. The van der Waals surface area contributed by atoms with E-state index in [2.05, 4.69) is 0 Å². The third kappa shape index (κ3) is 5.10. The standard InChI is InChI=1S/C26H17Cl3F3NO2/c1-14-10-15(7-9-20(26(30,31)32)17-11-21(27)23(29)22(28)12-17)6-8-16(14)13-33-24(34)18-4-2-3-5-19(18)25(33)35/h2-12,20H,13H2,1H3/b9-7+. The molecule has 0 aliphatic carbocycles. The topological polar surface area (TPSA) is 37.4 Å². The minimum atomic E-state index is -4.59. The van der Waals surface area contributed by atoms with Crippen LogP contribution in [0.5, 0.6) is 0 Å². The Hall–Kier alpha value is -2.80. The van der Waals surface area contributed by atoms with Gasteiger partial charge in [-0.05, 0) is 53.4 Å². The molecule has 3 aromatic carbocycles. The van der Waals surface area contributed by atoms with Crippen LogP contribution in [0.1, 0.15) is 48.9 Å². The Labute approximate surface area is 214 Å². The summed E-state index contributed by atoms with van der Waals surface area (Å²) in [5, 5.41) is -0.137. The van der Waals surface area contributed by atoms with Gasteiger partial charge >= 0.3 is 6.18 Å². The van der Waals surface area contributed by atoms with Crippen LogP contribution in [0.3, 0.4) is 0 Å². The van der Waals surface area contributed by atoms with E-state index in [0.29, 0.717) is 22.3 Å². The molecule has 0 saturated heterocycles. The number of hydrogen-bond acceptors (Lipinski definition) is 2. The third-order valence-electron chi connectivity index (χ3n) is 5.77. The Bertz CT molecular complexity index is 1310. The van der Waals surface area contributed by atoms with Gasteiger partial charge in [0.1, 0.15) is 0 Å². The van der Waals surface area contributed by atoms with Gasteiger partial charge in [0.25, 0.3) is 11.8 Å². The van der Waals surface area contributed by atoms with E-state index in [4.69, 9.17) is 34.8 Å². The highest BCUT2D eigenvalue weighted by Crippen LogP contribution is 2.41. The molecule has 3 aromatic rings. The molecule has 0 N–H and O–H groups in total. The summed E-state index contributed by atoms with van der Waals surface area (Å²) in [6.07, 6.45) is -2.21. The monoisotopic (exact) mass is 537 g/mol. The Morgan fingerprint density at radius 1 is 0.914 bits per heavy atom. The highest BCUT2D eigenvalue weighted by atomic mass is 35.5. The SMILES string of the molecule is Cc1cc(/C=C/C(c2cc(Cl)c(Cl)c(Cl)c2)C(F)(F)F)ccc1CN1C(=O)c2ccccc2C1=O. The zero-order valence-corrected chi connectivity index (χ0v) is 20.4. The number of benzene rings is 3. The minimum absolute atomic E-state index is 0.00809. The quantitative estimate of drug-likeness (QED) is 0.243. The van der Waals surface area contributed by atoms with Crippen molar-refractivity contribution in [3.63, 3.8) is 0 Å². The van der Waals surface area contributed by atoms with Crippen molar-refractivity contribution in [3.05, 3.63) is 109 Å². The van der Waals surface area contributed by atoms with E-state index in [1.165, 1.54) is 6.08 Å². The molecule has 2 amide bonds. The molecular weight excluding hydrogens is 522 g/mol. The summed E-state index contributed by atoms with van der Waals surface area (Å²) in [7, 11) is 0. The van der Waals surface area contributed by atoms with Crippen molar-refractivity contribution >= 4 is 52.7 Å². The molecule has 1 heterocycles. The molecule has 0 radical (unpaired) electrons. The van der Waals surface area contributed by atoms with E-state index in [-0.39, 0.29) is 39.0 Å². The second kappa shape index (κ2) is 9.69. The normalized spacial score (nSPS) is 14.7. The number of nitrogens with zero attached hydrogens (tertiary/aromatic N) is 1. The number of halogens is 6. The second-order valence-corrected chi connectivity index (χ2v) is 9.30. The van der Waals surface area contributed by atoms with Crippen LogP contribution in [0, 0.1) is 6.92 Å². The average Bonchev–Trinajstić information content (AvgIpc) is 3.03. The first-order valence-corrected chi connectivity index (χ1v) is 11.5. The Morgan fingerprint density at radius 2 is 1.49 bits per heavy atom. The van der Waals surface area contributed by atoms with Gasteiger partial charge in [0.2, 0.25) is 0 Å². The first kappa shape index (κ1) is 25.3. The molecule has 0 bridgehead atoms. The van der Waals surface area contributed by atoms with Gasteiger partial charge in [-0.3, -0.25) is 14.5 Å². The lowest BCUT2D eigenvalue weighted by molar-refractivity contribution is -0.139. The number of rotatable bonds is 5. The fraction of sp³-hybridized carbons (Fsp3) is 0.154. The molecule has 4 rings (SSSR count). The predicted molar refractivity (Wildman–Crippen MR) is 131 cm³/mol. The smallest absolute Gasteiger partial charge is 0.270 e. The summed E-state index contributed by atoms with van der Waals surface area (Å²) in [5.41, 5.74) is 2.54. The van der Waals surface area contributed by atoms with Gasteiger partial charge in [0.05, 0.1) is 38.7 Å². The second-order valence-electron chi connectivity index (χ2n) is 8.10. The zero-order chi connectivity index (χ0) is 25.5. The van der Waals surface area contributed by atoms with E-state index in [1.54, 1.807) is 49.4 Å². The van der Waals surface area contributed by atoms with Gasteiger partial charge in [-0.2, -0.15) is 13.2 Å². The third-order valence-corrected chi connectivity index (χ3v) is 6.97. The fourth-order valence-corrected chi connectivity index (χ4v) is 4.54. The van der Waals surface area contributed by atoms with E-state index >= 15 is 0 Å². The molecule has 0 saturated carbocycles. The van der Waals surface area contributed by atoms with Gasteiger partial charge in [0.15, 0.2) is 0 Å². The number of imide groups is 1. The summed E-state index contributed by atoms with van der Waals surface area (Å²) in [6, 6.07) is 13.9. The van der Waals surface area contributed by atoms with E-state index in [0.717, 1.165) is 28.7 Å². The molecule has 1 aliphatic rings. The van der Waals surface area contributed by atoms with E-state index < -0.39 is 12.1 Å². The van der Waals surface area contributed by atoms with Crippen molar-refractivity contribution in [2.45, 2.75) is 25.6 Å². The van der Waals surface area contributed by atoms with Gasteiger partial charge in [-0.25, -0.2) is 0 Å². The molecule has 35 heavy (non-hydrogen) atoms. The Balaban J connectivity index is 1.57. The molecule has 1 unspecified atom stereocenters. The fourth-order valence-electron chi connectivity index (χ4n) is 3.92. The van der Waals surface area contributed by atoms with Crippen molar-refractivity contribution in [1.82, 2.24) is 4.90 Å². The van der Waals surface area contributed by atoms with Crippen LogP contribution in [0.25, 0.3) is 6.08 Å². The number of carbonyl (C=O) groups is 2. The lowest BCUT2D eigenvalue weighted by Crippen LogP contribution is -2.29. The largest absolute Gasteiger partial charge is 0.399 e. The summed E-state index contributed by atoms with van der Waals surface area (Å²) < 4.78 is 41.4. The minimum Gasteiger partial charge on any atom is -0.270 e. The first-order valence-electron chi connectivity index (χ1n) is 10.4. The lowest BCUT2D eigenvalue weighted by Gasteiger charge is -2.19. The Kier molecular flexibility index (Phi) is 7.00. The van der Waals surface area contributed by atoms with Crippen LogP contribution in [-0.4, -0.2) is 22.9 Å². The first-order chi connectivity index (χ1) is 16.5. The van der Waals surface area contributed by atoms with Crippen LogP contribution in [-0.2, 0) is 6.54 Å². The molecule has 9 heteroatoms. The van der Waals surface area contributed by atoms with Crippen LogP contribution in [0.15, 0.2) is 60.7 Å². The van der Waals surface area contributed by atoms with Gasteiger partial charge < -0.3 is 0 Å². The van der Waals surface area contributed by atoms with Crippen molar-refractivity contribution in [2.24, 2.45) is 0 Å². The number of allylic oxidation sites excluding steroid dienone is 1. The van der Waals surface area contributed by atoms with Crippen molar-refractivity contribution in [2.75, 3.05) is 0 Å². The van der Waals surface area contributed by atoms with Crippen LogP contribution in [0.2, 0.25) is 15.1 Å². The van der Waals surface area contributed by atoms with E-state index in [1.807, 2.05) is 0 Å². The molecule has 1 aliphatic heterocycles. The summed E-state index contributed by atoms with van der Waals surface area (Å²) >= 11 is 17.7. The Morgan fingerprint density at radius 3 is 2.00 bits per heavy atom. The maximum absolute atomic E-state index is 13.8. The number of hydrogen-bond donors (Lipinski definition) is 0. The summed E-state index contributed by atoms with van der Waals surface area (Å²) in [5.74, 6) is -2.70. The van der Waals surface area contributed by atoms with Crippen molar-refractivity contribution in [1.29, 1.82) is 0 Å². The van der Waals surface area contributed by atoms with Gasteiger partial charge in [-0.15, -0.1) is 0 Å². The lowest BCUT2D eigenvalue weighted by atomic mass is 9.96. The number of alkyl halides is 3. The van der Waals surface area contributed by atoms with Crippen LogP contribution >= 0.6 is 34.8 Å². The highest BCUT2D eigenvalue weighted by molar-refractivity contribution is 6.48. The molecule has 1 atom stereocenters. The van der Waals surface area contributed by atoms with Crippen LogP contribution < -0.4 is 0 Å². The number of amides is 2.